The average molecular weight is 765 g/mol. The summed E-state index contributed by atoms with van der Waals surface area (Å²) >= 11 is 0. The second-order valence-electron chi connectivity index (χ2n) is 15.6. The van der Waals surface area contributed by atoms with Gasteiger partial charge in [0.25, 0.3) is 0 Å². The van der Waals surface area contributed by atoms with Gasteiger partial charge in [0.1, 0.15) is 11.5 Å². The normalized spacial score (nSPS) is 12.9. The number of benzene rings is 9. The van der Waals surface area contributed by atoms with Gasteiger partial charge in [0.15, 0.2) is 5.82 Å². The van der Waals surface area contributed by atoms with Gasteiger partial charge in [-0.1, -0.05) is 200 Å². The number of hydrogen-bond acceptors (Lipinski definition) is 3. The van der Waals surface area contributed by atoms with E-state index >= 15 is 0 Å². The molecule has 0 unspecified atom stereocenters. The molecule has 60 heavy (non-hydrogen) atoms. The van der Waals surface area contributed by atoms with Crippen LogP contribution in [0.2, 0.25) is 0 Å². The van der Waals surface area contributed by atoms with E-state index in [2.05, 4.69) is 200 Å². The fraction of sp³-hybridized carbons (Fsp3) is 0.0175. The van der Waals surface area contributed by atoms with Crippen LogP contribution in [0.15, 0.2) is 218 Å². The Morgan fingerprint density at radius 2 is 0.833 bits per heavy atom. The molecule has 0 bridgehead atoms. The van der Waals surface area contributed by atoms with Gasteiger partial charge in [0, 0.05) is 33.4 Å². The summed E-state index contributed by atoms with van der Waals surface area (Å²) in [4.78, 5) is 10.5. The molecule has 1 aliphatic heterocycles. The van der Waals surface area contributed by atoms with Crippen molar-refractivity contribution in [2.75, 3.05) is 0 Å². The van der Waals surface area contributed by atoms with Crippen molar-refractivity contribution >= 4 is 10.8 Å². The molecule has 280 valence electrons. The molecule has 0 radical (unpaired) electrons. The van der Waals surface area contributed by atoms with E-state index in [0.717, 1.165) is 67.2 Å². The van der Waals surface area contributed by atoms with Crippen molar-refractivity contribution in [1.29, 1.82) is 0 Å². The minimum Gasteiger partial charge on any atom is -0.456 e. The molecule has 3 nitrogen and oxygen atoms in total. The zero-order valence-corrected chi connectivity index (χ0v) is 32.6. The Morgan fingerprint density at radius 1 is 0.317 bits per heavy atom. The molecule has 0 atom stereocenters. The first kappa shape index (κ1) is 34.2. The monoisotopic (exact) mass is 764 g/mol. The first-order valence-electron chi connectivity index (χ1n) is 20.5. The average Bonchev–Trinajstić information content (AvgIpc) is 3.62. The molecule has 2 aliphatic rings. The van der Waals surface area contributed by atoms with Crippen LogP contribution in [0, 0.1) is 0 Å². The quantitative estimate of drug-likeness (QED) is 0.175. The summed E-state index contributed by atoms with van der Waals surface area (Å²) < 4.78 is 7.04. The molecule has 0 amide bonds. The molecule has 12 rings (SSSR count). The molecular formula is C57H36N2O. The Balaban J connectivity index is 1.04. The fourth-order valence-electron chi connectivity index (χ4n) is 9.79. The molecule has 0 saturated carbocycles. The highest BCUT2D eigenvalue weighted by Crippen LogP contribution is 2.63. The summed E-state index contributed by atoms with van der Waals surface area (Å²) in [5.41, 5.74) is 16.1. The van der Waals surface area contributed by atoms with E-state index in [9.17, 15) is 0 Å². The van der Waals surface area contributed by atoms with Gasteiger partial charge < -0.3 is 4.74 Å². The molecule has 1 aromatic heterocycles. The van der Waals surface area contributed by atoms with E-state index in [1.165, 1.54) is 38.8 Å². The number of nitrogens with zero attached hydrogens (tertiary/aromatic N) is 2. The number of aromatic nitrogens is 2. The highest BCUT2D eigenvalue weighted by atomic mass is 16.5. The lowest BCUT2D eigenvalue weighted by Crippen LogP contribution is -2.32. The van der Waals surface area contributed by atoms with Crippen molar-refractivity contribution in [3.63, 3.8) is 0 Å². The topological polar surface area (TPSA) is 35.0 Å². The van der Waals surface area contributed by atoms with Crippen LogP contribution >= 0.6 is 0 Å². The maximum atomic E-state index is 7.04. The minimum atomic E-state index is -0.532. The first-order valence-corrected chi connectivity index (χ1v) is 20.5. The maximum absolute atomic E-state index is 7.04. The molecule has 1 aliphatic carbocycles. The predicted octanol–water partition coefficient (Wildman–Crippen LogP) is 14.4. The number of hydrogen-bond donors (Lipinski definition) is 0. The third-order valence-electron chi connectivity index (χ3n) is 12.4. The van der Waals surface area contributed by atoms with Gasteiger partial charge in [-0.3, -0.25) is 0 Å². The molecule has 2 heterocycles. The van der Waals surface area contributed by atoms with Crippen LogP contribution in [0.4, 0.5) is 0 Å². The number of ether oxygens (including phenoxy) is 1. The SMILES string of the molecule is c1ccc(-c2nc(-c3cccc(-c4cccc5c4Oc4ccccc4C54c5ccccc5-c5ccccc54)c3)cc(-c3ccc(-c4ccccc4)c4ccccc34)n2)cc1. The lowest BCUT2D eigenvalue weighted by atomic mass is 9.65. The third kappa shape index (κ3) is 5.16. The zero-order valence-electron chi connectivity index (χ0n) is 32.6. The summed E-state index contributed by atoms with van der Waals surface area (Å²) in [6, 6.07) is 77.7. The van der Waals surface area contributed by atoms with Gasteiger partial charge in [-0.2, -0.15) is 0 Å². The molecule has 10 aromatic rings. The highest BCUT2D eigenvalue weighted by Gasteiger charge is 2.51. The van der Waals surface area contributed by atoms with Crippen LogP contribution in [0.5, 0.6) is 11.5 Å². The van der Waals surface area contributed by atoms with E-state index in [4.69, 9.17) is 14.7 Å². The van der Waals surface area contributed by atoms with Crippen molar-refractivity contribution in [1.82, 2.24) is 9.97 Å². The van der Waals surface area contributed by atoms with Gasteiger partial charge in [0.05, 0.1) is 16.8 Å². The minimum absolute atomic E-state index is 0.532. The third-order valence-corrected chi connectivity index (χ3v) is 12.4. The Labute approximate surface area is 348 Å². The molecule has 1 spiro atoms. The van der Waals surface area contributed by atoms with Gasteiger partial charge in [-0.05, 0) is 67.9 Å². The van der Waals surface area contributed by atoms with E-state index in [1.54, 1.807) is 0 Å². The lowest BCUT2D eigenvalue weighted by Gasteiger charge is -2.40. The van der Waals surface area contributed by atoms with E-state index in [0.29, 0.717) is 5.82 Å². The Bertz CT molecular complexity index is 3250. The van der Waals surface area contributed by atoms with Crippen LogP contribution in [-0.4, -0.2) is 9.97 Å². The van der Waals surface area contributed by atoms with Crippen molar-refractivity contribution < 1.29 is 4.74 Å². The van der Waals surface area contributed by atoms with Crippen molar-refractivity contribution in [3.05, 3.63) is 241 Å². The summed E-state index contributed by atoms with van der Waals surface area (Å²) in [6.07, 6.45) is 0. The standard InChI is InChI=1S/C57H36N2O/c1-3-17-37(18-4-1)41-33-34-47(44-24-8-7-23-43(41)44)53-36-52(58-56(59-53)38-19-5-2-6-20-38)40-22-15-21-39(35-40)42-27-16-31-51-55(42)60-54-32-14-13-30-50(54)57(51)48-28-11-9-25-45(48)46-26-10-12-29-49(46)57/h1-36H. The van der Waals surface area contributed by atoms with Crippen molar-refractivity contribution in [3.8, 4) is 78.8 Å². The summed E-state index contributed by atoms with van der Waals surface area (Å²) in [5.74, 6) is 2.43. The van der Waals surface area contributed by atoms with Crippen molar-refractivity contribution in [2.45, 2.75) is 5.41 Å². The molecule has 0 saturated heterocycles. The lowest BCUT2D eigenvalue weighted by molar-refractivity contribution is 0.438. The Hall–Kier alpha value is -7.88. The highest BCUT2D eigenvalue weighted by molar-refractivity contribution is 6.05. The Kier molecular flexibility index (Phi) is 7.76. The van der Waals surface area contributed by atoms with E-state index < -0.39 is 5.41 Å². The first-order chi connectivity index (χ1) is 29.8. The molecular weight excluding hydrogens is 729 g/mol. The van der Waals surface area contributed by atoms with Crippen LogP contribution in [0.1, 0.15) is 22.3 Å². The summed E-state index contributed by atoms with van der Waals surface area (Å²) in [6.45, 7) is 0. The molecule has 0 N–H and O–H groups in total. The van der Waals surface area contributed by atoms with Gasteiger partial charge >= 0.3 is 0 Å². The molecule has 3 heteroatoms. The van der Waals surface area contributed by atoms with Crippen LogP contribution < -0.4 is 4.74 Å². The smallest absolute Gasteiger partial charge is 0.160 e. The van der Waals surface area contributed by atoms with Crippen LogP contribution in [-0.2, 0) is 5.41 Å². The van der Waals surface area contributed by atoms with Gasteiger partial charge in [0.2, 0.25) is 0 Å². The second kappa shape index (κ2) is 13.6. The predicted molar refractivity (Wildman–Crippen MR) is 244 cm³/mol. The van der Waals surface area contributed by atoms with Crippen LogP contribution in [0.25, 0.3) is 78.1 Å². The number of fused-ring (bicyclic) bond motifs is 10. The second-order valence-corrected chi connectivity index (χ2v) is 15.6. The zero-order chi connectivity index (χ0) is 39.6. The fourth-order valence-corrected chi connectivity index (χ4v) is 9.79. The van der Waals surface area contributed by atoms with Crippen molar-refractivity contribution in [2.24, 2.45) is 0 Å². The van der Waals surface area contributed by atoms with Crippen LogP contribution in [0.3, 0.4) is 0 Å². The van der Waals surface area contributed by atoms with Gasteiger partial charge in [-0.25, -0.2) is 9.97 Å². The summed E-state index contributed by atoms with van der Waals surface area (Å²) in [7, 11) is 0. The largest absolute Gasteiger partial charge is 0.456 e. The molecule has 0 fully saturated rings. The maximum Gasteiger partial charge on any atom is 0.160 e. The number of para-hydroxylation sites is 2. The summed E-state index contributed by atoms with van der Waals surface area (Å²) in [5, 5.41) is 2.33. The van der Waals surface area contributed by atoms with Gasteiger partial charge in [-0.15, -0.1) is 0 Å². The molecule has 9 aromatic carbocycles. The van der Waals surface area contributed by atoms with E-state index in [-0.39, 0.29) is 0 Å². The Morgan fingerprint density at radius 3 is 1.58 bits per heavy atom. The van der Waals surface area contributed by atoms with E-state index in [1.807, 2.05) is 18.2 Å². The number of rotatable bonds is 5.